The molecule has 5 aromatic heterocycles. The number of aromatic hydroxyl groups is 1. The number of rotatable bonds is 11. The van der Waals surface area contributed by atoms with Crippen LogP contribution in [0.2, 0.25) is 0 Å². The van der Waals surface area contributed by atoms with Gasteiger partial charge in [-0.1, -0.05) is 32.9 Å². The molecule has 1 aliphatic heterocycles. The molecule has 296 valence electrons. The number of piperazine rings is 1. The Kier molecular flexibility index (Phi) is 10.8. The van der Waals surface area contributed by atoms with E-state index < -0.39 is 50.4 Å². The first-order valence-corrected chi connectivity index (χ1v) is 19.5. The highest BCUT2D eigenvalue weighted by Crippen LogP contribution is 2.37. The summed E-state index contributed by atoms with van der Waals surface area (Å²) in [7, 11) is -4.11. The first-order chi connectivity index (χ1) is 27.3. The molecule has 6 aromatic rings. The Balaban J connectivity index is 1.33. The maximum Gasteiger partial charge on any atom is 0.355 e. The number of pyridine rings is 3. The average molecular weight is 801 g/mol. The molecule has 1 aliphatic rings. The van der Waals surface area contributed by atoms with E-state index in [9.17, 15) is 23.1 Å². The Hall–Kier alpha value is -6.21. The number of aryl methyl sites for hydroxylation is 1. The lowest BCUT2D eigenvalue weighted by atomic mass is 10.0. The minimum atomic E-state index is -4.11. The third-order valence-electron chi connectivity index (χ3n) is 9.61. The van der Waals surface area contributed by atoms with Crippen LogP contribution in [0, 0.1) is 18.6 Å². The Morgan fingerprint density at radius 3 is 2.56 bits per heavy atom. The summed E-state index contributed by atoms with van der Waals surface area (Å²) in [6, 6.07) is 10.1. The summed E-state index contributed by atoms with van der Waals surface area (Å²) in [5.41, 5.74) is 0.0122. The fraction of sp³-hybridized carbons (Fsp3) is 0.316. The molecule has 19 heteroatoms. The maximum absolute atomic E-state index is 16.3. The Morgan fingerprint density at radius 2 is 1.84 bits per heavy atom. The van der Waals surface area contributed by atoms with Crippen LogP contribution in [0.25, 0.3) is 28.0 Å². The van der Waals surface area contributed by atoms with Crippen LogP contribution in [-0.2, 0) is 26.2 Å². The number of ether oxygens (including phenoxy) is 1. The van der Waals surface area contributed by atoms with Crippen molar-refractivity contribution in [2.75, 3.05) is 31.1 Å². The van der Waals surface area contributed by atoms with E-state index in [0.29, 0.717) is 21.0 Å². The second-order valence-corrected chi connectivity index (χ2v) is 15.4. The number of phenolic OH excluding ortho intramolecular Hbond substituents is 1. The molecular weight excluding hydrogens is 763 g/mol. The zero-order valence-electron chi connectivity index (χ0n) is 31.4. The third-order valence-corrected chi connectivity index (χ3v) is 11.1. The van der Waals surface area contributed by atoms with Gasteiger partial charge in [0.2, 0.25) is 5.91 Å². The molecule has 1 atom stereocenters. The van der Waals surface area contributed by atoms with Gasteiger partial charge >= 0.3 is 15.7 Å². The number of phenols is 1. The molecule has 0 aliphatic carbocycles. The largest absolute Gasteiger partial charge is 0.507 e. The van der Waals surface area contributed by atoms with Crippen LogP contribution in [0.5, 0.6) is 5.75 Å². The summed E-state index contributed by atoms with van der Waals surface area (Å²) < 4.78 is 65.6. The van der Waals surface area contributed by atoms with Crippen molar-refractivity contribution >= 4 is 32.8 Å². The number of hydrogen-bond donors (Lipinski definition) is 1. The lowest BCUT2D eigenvalue weighted by Crippen LogP contribution is -2.57. The Bertz CT molecular complexity index is 2640. The van der Waals surface area contributed by atoms with Crippen molar-refractivity contribution in [3.05, 3.63) is 106 Å². The molecule has 16 nitrogen and oxygen atoms in total. The Labute approximate surface area is 325 Å². The molecule has 1 saturated heterocycles. The topological polar surface area (TPSA) is 191 Å². The van der Waals surface area contributed by atoms with Gasteiger partial charge in [0.05, 0.1) is 47.3 Å². The number of benzene rings is 1. The molecule has 1 N–H and O–H groups in total. The number of fused-ring (bicyclic) bond motifs is 1. The molecule has 1 aromatic carbocycles. The number of anilines is 1. The second-order valence-electron chi connectivity index (χ2n) is 13.7. The van der Waals surface area contributed by atoms with Crippen molar-refractivity contribution in [3.63, 3.8) is 0 Å². The summed E-state index contributed by atoms with van der Waals surface area (Å²) in [4.78, 5) is 52.3. The van der Waals surface area contributed by atoms with Gasteiger partial charge in [0, 0.05) is 32.3 Å². The van der Waals surface area contributed by atoms with Crippen LogP contribution in [0.3, 0.4) is 0 Å². The van der Waals surface area contributed by atoms with Gasteiger partial charge in [-0.25, -0.2) is 33.1 Å². The third kappa shape index (κ3) is 7.42. The van der Waals surface area contributed by atoms with Crippen molar-refractivity contribution in [2.24, 2.45) is 0 Å². The SMILES string of the molecule is CCC(=O)N1CCN(c2nc(=O)n(-c3c(C)ccnc3C(C)C)c3nc(-c4c(O)cccc4F)c(F)cc23)C(COCc2cccc(S(=O)(=O)n3cncn3)n2)C1. The average Bonchev–Trinajstić information content (AvgIpc) is 3.75. The lowest BCUT2D eigenvalue weighted by molar-refractivity contribution is -0.132. The van der Waals surface area contributed by atoms with E-state index >= 15 is 8.78 Å². The minimum absolute atomic E-state index is 0.0471. The number of amides is 1. The van der Waals surface area contributed by atoms with Gasteiger partial charge in [-0.3, -0.25) is 9.78 Å². The summed E-state index contributed by atoms with van der Waals surface area (Å²) in [6.45, 7) is 7.69. The summed E-state index contributed by atoms with van der Waals surface area (Å²) in [6.07, 6.45) is 3.99. The normalized spacial score (nSPS) is 14.8. The highest BCUT2D eigenvalue weighted by atomic mass is 32.2. The summed E-state index contributed by atoms with van der Waals surface area (Å²) in [5.74, 6) is -2.69. The van der Waals surface area contributed by atoms with Crippen LogP contribution in [-0.4, -0.2) is 95.3 Å². The first kappa shape index (κ1) is 39.0. The standard InChI is InChI=1S/C38H38F2N10O6S/c1-5-31(52)47-14-15-48(25(17-47)19-56-18-24-8-6-11-30(44-24)57(54,55)49-21-41-20-43-49)36-26-16-28(40)34(32-27(39)9-7-10-29(32)51)45-37(26)50(38(53)46-36)35-23(4)12-13-42-33(35)22(2)3/h6-13,16,20-22,25,51H,5,14-15,17-19H2,1-4H3. The molecule has 0 saturated carbocycles. The molecule has 6 heterocycles. The maximum atomic E-state index is 16.3. The van der Waals surface area contributed by atoms with Gasteiger partial charge in [0.15, 0.2) is 16.5 Å². The molecule has 0 radical (unpaired) electrons. The van der Waals surface area contributed by atoms with E-state index in [1.165, 1.54) is 28.8 Å². The number of carbonyl (C=O) groups is 1. The summed E-state index contributed by atoms with van der Waals surface area (Å²) in [5, 5.41) is 14.2. The smallest absolute Gasteiger partial charge is 0.355 e. The van der Waals surface area contributed by atoms with Crippen molar-refractivity contribution < 1.29 is 31.8 Å². The fourth-order valence-corrected chi connectivity index (χ4v) is 7.88. The van der Waals surface area contributed by atoms with Gasteiger partial charge < -0.3 is 19.6 Å². The molecular formula is C38H38F2N10O6S. The van der Waals surface area contributed by atoms with Crippen LogP contribution in [0.15, 0.2) is 77.2 Å². The van der Waals surface area contributed by atoms with Gasteiger partial charge in [0.1, 0.15) is 35.7 Å². The molecule has 0 spiro atoms. The molecule has 1 unspecified atom stereocenters. The number of aromatic nitrogens is 8. The van der Waals surface area contributed by atoms with Crippen molar-refractivity contribution in [2.45, 2.75) is 57.7 Å². The van der Waals surface area contributed by atoms with Gasteiger partial charge in [0.25, 0.3) is 0 Å². The van der Waals surface area contributed by atoms with E-state index in [0.717, 1.165) is 24.8 Å². The molecule has 57 heavy (non-hydrogen) atoms. The van der Waals surface area contributed by atoms with E-state index in [1.54, 1.807) is 42.0 Å². The monoisotopic (exact) mass is 800 g/mol. The molecule has 1 amide bonds. The number of carbonyl (C=O) groups excluding carboxylic acids is 1. The van der Waals surface area contributed by atoms with Crippen LogP contribution < -0.4 is 10.6 Å². The van der Waals surface area contributed by atoms with E-state index in [4.69, 9.17) is 4.74 Å². The quantitative estimate of drug-likeness (QED) is 0.197. The molecule has 7 rings (SSSR count). The number of halogens is 2. The second kappa shape index (κ2) is 15.7. The zero-order chi connectivity index (χ0) is 40.6. The van der Waals surface area contributed by atoms with Crippen molar-refractivity contribution in [3.8, 4) is 22.7 Å². The molecule has 1 fully saturated rings. The van der Waals surface area contributed by atoms with E-state index in [1.807, 2.05) is 13.8 Å². The van der Waals surface area contributed by atoms with Gasteiger partial charge in [-0.15, -0.1) is 9.19 Å². The number of hydrogen-bond acceptors (Lipinski definition) is 13. The zero-order valence-corrected chi connectivity index (χ0v) is 32.2. The van der Waals surface area contributed by atoms with Crippen LogP contribution in [0.4, 0.5) is 14.6 Å². The van der Waals surface area contributed by atoms with Crippen LogP contribution in [0.1, 0.15) is 50.1 Å². The Morgan fingerprint density at radius 1 is 1.05 bits per heavy atom. The van der Waals surface area contributed by atoms with E-state index in [-0.39, 0.29) is 78.7 Å². The highest BCUT2D eigenvalue weighted by Gasteiger charge is 2.34. The number of nitrogens with zero attached hydrogens (tertiary/aromatic N) is 10. The summed E-state index contributed by atoms with van der Waals surface area (Å²) >= 11 is 0. The minimum Gasteiger partial charge on any atom is -0.507 e. The highest BCUT2D eigenvalue weighted by molar-refractivity contribution is 7.89. The van der Waals surface area contributed by atoms with Gasteiger partial charge in [-0.05, 0) is 54.8 Å². The fourth-order valence-electron chi connectivity index (χ4n) is 6.86. The van der Waals surface area contributed by atoms with Crippen molar-refractivity contribution in [1.29, 1.82) is 0 Å². The van der Waals surface area contributed by atoms with E-state index in [2.05, 4.69) is 30.0 Å². The predicted octanol–water partition coefficient (Wildman–Crippen LogP) is 4.13. The lowest BCUT2D eigenvalue weighted by Gasteiger charge is -2.42. The van der Waals surface area contributed by atoms with Crippen molar-refractivity contribution in [1.82, 2.24) is 43.6 Å². The van der Waals surface area contributed by atoms with Gasteiger partial charge in [-0.2, -0.15) is 13.4 Å². The molecule has 0 bridgehead atoms. The van der Waals surface area contributed by atoms with Crippen LogP contribution >= 0.6 is 0 Å². The predicted molar refractivity (Wildman–Crippen MR) is 203 cm³/mol. The first-order valence-electron chi connectivity index (χ1n) is 18.0.